The number of halogens is 1. The van der Waals surface area contributed by atoms with Crippen molar-refractivity contribution < 1.29 is 4.39 Å². The summed E-state index contributed by atoms with van der Waals surface area (Å²) < 4.78 is 13.5. The average molecular weight is 406 g/mol. The van der Waals surface area contributed by atoms with Gasteiger partial charge >= 0.3 is 0 Å². The van der Waals surface area contributed by atoms with Gasteiger partial charge < -0.3 is 15.5 Å². The van der Waals surface area contributed by atoms with Crippen molar-refractivity contribution in [3.63, 3.8) is 0 Å². The SMILES string of the molecule is C/C=C/c1cc(Nc2nc(/C=C/c3cccc(F)c3)nc(N3CCNCC3)n2)n[nH]1. The Balaban J connectivity index is 1.63. The van der Waals surface area contributed by atoms with E-state index in [2.05, 4.69) is 40.7 Å². The highest BCUT2D eigenvalue weighted by atomic mass is 19.1. The minimum atomic E-state index is -0.285. The topological polar surface area (TPSA) is 94.7 Å². The molecule has 1 fully saturated rings. The maximum Gasteiger partial charge on any atom is 0.233 e. The van der Waals surface area contributed by atoms with Gasteiger partial charge in [-0.1, -0.05) is 24.3 Å². The number of benzene rings is 1. The molecule has 0 aliphatic carbocycles. The summed E-state index contributed by atoms with van der Waals surface area (Å²) in [7, 11) is 0. The van der Waals surface area contributed by atoms with Crippen LogP contribution < -0.4 is 15.5 Å². The Morgan fingerprint density at radius 1 is 1.07 bits per heavy atom. The van der Waals surface area contributed by atoms with E-state index in [9.17, 15) is 4.39 Å². The molecule has 154 valence electrons. The molecule has 0 saturated carbocycles. The number of anilines is 3. The molecule has 1 aromatic carbocycles. The van der Waals surface area contributed by atoms with Crippen molar-refractivity contribution in [3.8, 4) is 0 Å². The van der Waals surface area contributed by atoms with Crippen molar-refractivity contribution in [1.82, 2.24) is 30.5 Å². The Labute approximate surface area is 174 Å². The van der Waals surface area contributed by atoms with Crippen LogP contribution in [0.4, 0.5) is 22.1 Å². The second-order valence-electron chi connectivity index (χ2n) is 6.78. The summed E-state index contributed by atoms with van der Waals surface area (Å²) in [4.78, 5) is 15.8. The van der Waals surface area contributed by atoms with E-state index in [4.69, 9.17) is 0 Å². The first kappa shape index (κ1) is 19.7. The maximum atomic E-state index is 13.5. The fourth-order valence-corrected chi connectivity index (χ4v) is 3.08. The fraction of sp³-hybridized carbons (Fsp3) is 0.238. The average Bonchev–Trinajstić information content (AvgIpc) is 3.20. The zero-order valence-corrected chi connectivity index (χ0v) is 16.6. The van der Waals surface area contributed by atoms with Gasteiger partial charge in [0.1, 0.15) is 5.82 Å². The molecular formula is C21H23FN8. The van der Waals surface area contributed by atoms with Crippen molar-refractivity contribution in [3.05, 3.63) is 59.3 Å². The highest BCUT2D eigenvalue weighted by Crippen LogP contribution is 2.17. The van der Waals surface area contributed by atoms with Crippen LogP contribution in [0.5, 0.6) is 0 Å². The molecule has 0 radical (unpaired) electrons. The highest BCUT2D eigenvalue weighted by molar-refractivity contribution is 5.67. The number of rotatable bonds is 6. The third kappa shape index (κ3) is 5.06. The lowest BCUT2D eigenvalue weighted by Crippen LogP contribution is -2.44. The highest BCUT2D eigenvalue weighted by Gasteiger charge is 2.16. The molecule has 0 unspecified atom stereocenters. The lowest BCUT2D eigenvalue weighted by atomic mass is 10.2. The molecule has 1 aliphatic heterocycles. The van der Waals surface area contributed by atoms with Crippen LogP contribution >= 0.6 is 0 Å². The molecule has 0 bridgehead atoms. The van der Waals surface area contributed by atoms with Gasteiger partial charge in [-0.3, -0.25) is 5.10 Å². The van der Waals surface area contributed by atoms with Gasteiger partial charge in [0.15, 0.2) is 11.6 Å². The maximum absolute atomic E-state index is 13.5. The Morgan fingerprint density at radius 3 is 2.73 bits per heavy atom. The van der Waals surface area contributed by atoms with Crippen molar-refractivity contribution in [2.45, 2.75) is 6.92 Å². The third-order valence-electron chi connectivity index (χ3n) is 4.50. The summed E-state index contributed by atoms with van der Waals surface area (Å²) in [6.45, 7) is 5.30. The monoisotopic (exact) mass is 406 g/mol. The first-order valence-electron chi connectivity index (χ1n) is 9.80. The Morgan fingerprint density at radius 2 is 1.93 bits per heavy atom. The summed E-state index contributed by atoms with van der Waals surface area (Å²) >= 11 is 0. The van der Waals surface area contributed by atoms with E-state index in [0.29, 0.717) is 23.5 Å². The zero-order valence-electron chi connectivity index (χ0n) is 16.6. The van der Waals surface area contributed by atoms with Crippen LogP contribution in [0.15, 0.2) is 36.4 Å². The molecule has 3 heterocycles. The van der Waals surface area contributed by atoms with Crippen molar-refractivity contribution in [1.29, 1.82) is 0 Å². The molecule has 1 saturated heterocycles. The van der Waals surface area contributed by atoms with Crippen LogP contribution in [-0.4, -0.2) is 51.3 Å². The number of nitrogens with one attached hydrogen (secondary N) is 3. The molecule has 8 nitrogen and oxygen atoms in total. The predicted octanol–water partition coefficient (Wildman–Crippen LogP) is 3.09. The van der Waals surface area contributed by atoms with E-state index in [1.807, 2.05) is 31.2 Å². The lowest BCUT2D eigenvalue weighted by Gasteiger charge is -2.27. The van der Waals surface area contributed by atoms with E-state index < -0.39 is 0 Å². The number of allylic oxidation sites excluding steroid dienone is 1. The van der Waals surface area contributed by atoms with E-state index >= 15 is 0 Å². The molecule has 0 atom stereocenters. The quantitative estimate of drug-likeness (QED) is 0.579. The lowest BCUT2D eigenvalue weighted by molar-refractivity contribution is 0.579. The first-order valence-corrected chi connectivity index (χ1v) is 9.80. The third-order valence-corrected chi connectivity index (χ3v) is 4.50. The molecule has 3 aromatic rings. The summed E-state index contributed by atoms with van der Waals surface area (Å²) in [5.41, 5.74) is 1.61. The van der Waals surface area contributed by atoms with E-state index in [0.717, 1.165) is 37.4 Å². The van der Waals surface area contributed by atoms with E-state index in [-0.39, 0.29) is 5.82 Å². The molecular weight excluding hydrogens is 383 g/mol. The van der Waals surface area contributed by atoms with Crippen molar-refractivity contribution in [2.75, 3.05) is 36.4 Å². The molecule has 9 heteroatoms. The Bertz CT molecular complexity index is 1050. The molecule has 2 aromatic heterocycles. The molecule has 4 rings (SSSR count). The molecule has 3 N–H and O–H groups in total. The van der Waals surface area contributed by atoms with Crippen LogP contribution in [0.25, 0.3) is 18.2 Å². The number of hydrogen-bond donors (Lipinski definition) is 3. The van der Waals surface area contributed by atoms with Gasteiger partial charge in [0.05, 0.1) is 5.69 Å². The standard InChI is InChI=1S/C21H23FN8/c1-2-4-17-14-19(29-28-17)25-20-24-18(8-7-15-5-3-6-16(22)13-15)26-21(27-20)30-11-9-23-10-12-30/h2-8,13-14,23H,9-12H2,1H3,(H2,24,25,26,27,28,29)/b4-2+,8-7+. The smallest absolute Gasteiger partial charge is 0.233 e. The van der Waals surface area contributed by atoms with Crippen molar-refractivity contribution >= 4 is 35.9 Å². The Kier molecular flexibility index (Phi) is 6.09. The number of piperazine rings is 1. The zero-order chi connectivity index (χ0) is 20.8. The first-order chi connectivity index (χ1) is 14.7. The number of aromatic amines is 1. The summed E-state index contributed by atoms with van der Waals surface area (Å²) in [5, 5.41) is 13.6. The second kappa shape index (κ2) is 9.27. The fourth-order valence-electron chi connectivity index (χ4n) is 3.08. The number of nitrogens with zero attached hydrogens (tertiary/aromatic N) is 5. The van der Waals surface area contributed by atoms with Crippen LogP contribution in [-0.2, 0) is 0 Å². The van der Waals surface area contributed by atoms with E-state index in [1.54, 1.807) is 18.2 Å². The van der Waals surface area contributed by atoms with Crippen LogP contribution in [0.1, 0.15) is 24.0 Å². The largest absolute Gasteiger partial charge is 0.338 e. The van der Waals surface area contributed by atoms with Gasteiger partial charge in [-0.05, 0) is 36.8 Å². The number of H-pyrrole nitrogens is 1. The minimum absolute atomic E-state index is 0.285. The minimum Gasteiger partial charge on any atom is -0.338 e. The normalized spacial score (nSPS) is 14.7. The second-order valence-corrected chi connectivity index (χ2v) is 6.78. The van der Waals surface area contributed by atoms with Gasteiger partial charge in [0.2, 0.25) is 11.9 Å². The van der Waals surface area contributed by atoms with Gasteiger partial charge in [-0.2, -0.15) is 20.1 Å². The number of aromatic nitrogens is 5. The summed E-state index contributed by atoms with van der Waals surface area (Å²) in [6.07, 6.45) is 7.38. The van der Waals surface area contributed by atoms with E-state index in [1.165, 1.54) is 12.1 Å². The van der Waals surface area contributed by atoms with Crippen LogP contribution in [0.2, 0.25) is 0 Å². The number of hydrogen-bond acceptors (Lipinski definition) is 7. The molecule has 0 amide bonds. The van der Waals surface area contributed by atoms with Crippen LogP contribution in [0, 0.1) is 5.82 Å². The molecule has 30 heavy (non-hydrogen) atoms. The Hall–Kier alpha value is -3.59. The molecule has 0 spiro atoms. The van der Waals surface area contributed by atoms with Gasteiger partial charge in [-0.15, -0.1) is 0 Å². The van der Waals surface area contributed by atoms with Crippen LogP contribution in [0.3, 0.4) is 0 Å². The summed E-state index contributed by atoms with van der Waals surface area (Å²) in [6, 6.07) is 8.23. The van der Waals surface area contributed by atoms with Gasteiger partial charge in [0, 0.05) is 32.2 Å². The van der Waals surface area contributed by atoms with Gasteiger partial charge in [-0.25, -0.2) is 4.39 Å². The molecule has 1 aliphatic rings. The van der Waals surface area contributed by atoms with Gasteiger partial charge in [0.25, 0.3) is 0 Å². The van der Waals surface area contributed by atoms with Crippen molar-refractivity contribution in [2.24, 2.45) is 0 Å². The predicted molar refractivity (Wildman–Crippen MR) is 117 cm³/mol. The summed E-state index contributed by atoms with van der Waals surface area (Å²) in [5.74, 6) is 1.80.